The molecular weight excluding hydrogens is 266 g/mol. The Morgan fingerprint density at radius 2 is 2.26 bits per heavy atom. The molecule has 0 spiro atoms. The lowest BCUT2D eigenvalue weighted by atomic mass is 10.4. The smallest absolute Gasteiger partial charge is 0.263 e. The molecule has 7 heteroatoms. The lowest BCUT2D eigenvalue weighted by Gasteiger charge is -2.05. The summed E-state index contributed by atoms with van der Waals surface area (Å²) >= 11 is 0. The number of hydrogen-bond donors (Lipinski definition) is 2. The van der Waals surface area contributed by atoms with Gasteiger partial charge in [0.25, 0.3) is 10.0 Å². The summed E-state index contributed by atoms with van der Waals surface area (Å²) in [6, 6.07) is 4.73. The van der Waals surface area contributed by atoms with Crippen LogP contribution in [0.2, 0.25) is 0 Å². The molecule has 2 aromatic heterocycles. The van der Waals surface area contributed by atoms with Gasteiger partial charge in [0.05, 0.1) is 18.5 Å². The fourth-order valence-electron chi connectivity index (χ4n) is 1.74. The molecule has 102 valence electrons. The van der Waals surface area contributed by atoms with Crippen molar-refractivity contribution in [3.05, 3.63) is 42.5 Å². The van der Waals surface area contributed by atoms with Crippen LogP contribution in [-0.4, -0.2) is 23.1 Å². The van der Waals surface area contributed by atoms with Crippen LogP contribution in [0.15, 0.2) is 41.7 Å². The first kappa shape index (κ1) is 13.6. The van der Waals surface area contributed by atoms with Gasteiger partial charge < -0.3 is 9.67 Å². The molecule has 0 saturated heterocycles. The molecule has 0 aromatic carbocycles. The second kappa shape index (κ2) is 5.41. The summed E-state index contributed by atoms with van der Waals surface area (Å²) in [5, 5.41) is 9.17. The average Bonchev–Trinajstić information content (AvgIpc) is 2.83. The fourth-order valence-corrected chi connectivity index (χ4v) is 2.84. The number of rotatable bonds is 5. The Labute approximate surface area is 111 Å². The first-order valence-corrected chi connectivity index (χ1v) is 7.28. The molecule has 6 nitrogen and oxygen atoms in total. The van der Waals surface area contributed by atoms with Gasteiger partial charge in [-0.15, -0.1) is 0 Å². The summed E-state index contributed by atoms with van der Waals surface area (Å²) in [6.45, 7) is 2.28. The number of aromatic nitrogens is 2. The summed E-state index contributed by atoms with van der Waals surface area (Å²) in [7, 11) is -3.66. The molecule has 0 atom stereocenters. The van der Waals surface area contributed by atoms with Crippen molar-refractivity contribution < 1.29 is 13.5 Å². The number of pyridine rings is 1. The van der Waals surface area contributed by atoms with E-state index >= 15 is 0 Å². The van der Waals surface area contributed by atoms with Gasteiger partial charge in [-0.1, -0.05) is 0 Å². The zero-order valence-electron chi connectivity index (χ0n) is 10.4. The van der Waals surface area contributed by atoms with E-state index in [4.69, 9.17) is 0 Å². The van der Waals surface area contributed by atoms with E-state index in [9.17, 15) is 13.5 Å². The Kier molecular flexibility index (Phi) is 3.87. The van der Waals surface area contributed by atoms with Crippen LogP contribution in [0.3, 0.4) is 0 Å². The van der Waals surface area contributed by atoms with E-state index in [1.54, 1.807) is 22.9 Å². The zero-order valence-corrected chi connectivity index (χ0v) is 11.3. The van der Waals surface area contributed by atoms with Crippen LogP contribution in [0.5, 0.6) is 0 Å². The topological polar surface area (TPSA) is 84.2 Å². The average molecular weight is 281 g/mol. The number of aliphatic hydroxyl groups excluding tert-OH is 1. The second-order valence-electron chi connectivity index (χ2n) is 3.96. The van der Waals surface area contributed by atoms with E-state index in [0.717, 1.165) is 0 Å². The maximum Gasteiger partial charge on any atom is 0.263 e. The number of sulfonamides is 1. The molecule has 0 amide bonds. The van der Waals surface area contributed by atoms with Gasteiger partial charge in [-0.25, -0.2) is 8.42 Å². The van der Waals surface area contributed by atoms with Crippen LogP contribution in [0, 0.1) is 0 Å². The van der Waals surface area contributed by atoms with E-state index in [1.807, 2.05) is 6.92 Å². The highest BCUT2D eigenvalue weighted by molar-refractivity contribution is 7.92. The van der Waals surface area contributed by atoms with E-state index in [-0.39, 0.29) is 11.5 Å². The number of hydrogen-bond acceptors (Lipinski definition) is 4. The minimum atomic E-state index is -3.66. The number of anilines is 1. The first-order valence-electron chi connectivity index (χ1n) is 5.79. The van der Waals surface area contributed by atoms with Crippen LogP contribution < -0.4 is 4.72 Å². The van der Waals surface area contributed by atoms with Gasteiger partial charge in [-0.05, 0) is 25.1 Å². The molecule has 0 aliphatic heterocycles. The molecule has 0 aliphatic carbocycles. The fraction of sp³-hybridized carbons (Fsp3) is 0.250. The number of nitrogens with zero attached hydrogens (tertiary/aromatic N) is 2. The molecule has 19 heavy (non-hydrogen) atoms. The Hall–Kier alpha value is -1.86. The Morgan fingerprint density at radius 3 is 2.79 bits per heavy atom. The van der Waals surface area contributed by atoms with E-state index in [0.29, 0.717) is 17.9 Å². The zero-order chi connectivity index (χ0) is 13.9. The van der Waals surface area contributed by atoms with Gasteiger partial charge in [-0.3, -0.25) is 9.71 Å². The summed E-state index contributed by atoms with van der Waals surface area (Å²) in [6.07, 6.45) is 4.50. The summed E-state index contributed by atoms with van der Waals surface area (Å²) < 4.78 is 28.5. The Morgan fingerprint density at radius 1 is 1.47 bits per heavy atom. The van der Waals surface area contributed by atoms with Gasteiger partial charge >= 0.3 is 0 Å². The molecule has 0 unspecified atom stereocenters. The largest absolute Gasteiger partial charge is 0.390 e. The Bertz CT molecular complexity index is 629. The van der Waals surface area contributed by atoms with Crippen LogP contribution in [0.25, 0.3) is 0 Å². The maximum atomic E-state index is 12.2. The van der Waals surface area contributed by atoms with Gasteiger partial charge in [0.15, 0.2) is 0 Å². The van der Waals surface area contributed by atoms with E-state index in [1.165, 1.54) is 18.5 Å². The van der Waals surface area contributed by atoms with Crippen molar-refractivity contribution in [2.24, 2.45) is 0 Å². The van der Waals surface area contributed by atoms with Crippen molar-refractivity contribution >= 4 is 15.7 Å². The molecule has 2 N–H and O–H groups in total. The summed E-state index contributed by atoms with van der Waals surface area (Å²) in [5.41, 5.74) is 0.964. The molecule has 2 heterocycles. The van der Waals surface area contributed by atoms with Crippen molar-refractivity contribution in [1.29, 1.82) is 0 Å². The predicted octanol–water partition coefficient (Wildman–Crippen LogP) is 1.20. The van der Waals surface area contributed by atoms with Crippen LogP contribution >= 0.6 is 0 Å². The SMILES string of the molecule is CCn1cc(S(=O)(=O)Nc2cccnc2)cc1CO. The number of nitrogens with one attached hydrogen (secondary N) is 1. The van der Waals surface area contributed by atoms with Crippen molar-refractivity contribution in [1.82, 2.24) is 9.55 Å². The van der Waals surface area contributed by atoms with E-state index < -0.39 is 10.0 Å². The van der Waals surface area contributed by atoms with Crippen molar-refractivity contribution in [3.63, 3.8) is 0 Å². The molecule has 0 fully saturated rings. The summed E-state index contributed by atoms with van der Waals surface area (Å²) in [5.74, 6) is 0. The van der Waals surface area contributed by atoms with Gasteiger partial charge in [-0.2, -0.15) is 0 Å². The van der Waals surface area contributed by atoms with Crippen molar-refractivity contribution in [2.75, 3.05) is 4.72 Å². The second-order valence-corrected chi connectivity index (χ2v) is 5.64. The number of aryl methyl sites for hydroxylation is 1. The third-order valence-corrected chi connectivity index (χ3v) is 4.04. The maximum absolute atomic E-state index is 12.2. The molecule has 0 aliphatic rings. The lowest BCUT2D eigenvalue weighted by Crippen LogP contribution is -2.12. The third kappa shape index (κ3) is 2.94. The molecule has 0 bridgehead atoms. The highest BCUT2D eigenvalue weighted by atomic mass is 32.2. The normalized spacial score (nSPS) is 11.5. The molecule has 2 aromatic rings. The highest BCUT2D eigenvalue weighted by Gasteiger charge is 2.18. The monoisotopic (exact) mass is 281 g/mol. The standard InChI is InChI=1S/C12H15N3O3S/c1-2-15-8-12(6-11(15)9-16)19(17,18)14-10-4-3-5-13-7-10/h3-8,14,16H,2,9H2,1H3. The van der Waals surface area contributed by atoms with Gasteiger partial charge in [0, 0.05) is 24.6 Å². The van der Waals surface area contributed by atoms with Crippen LogP contribution in [0.1, 0.15) is 12.6 Å². The molecular formula is C12H15N3O3S. The van der Waals surface area contributed by atoms with Gasteiger partial charge in [0.1, 0.15) is 4.90 Å². The van der Waals surface area contributed by atoms with Crippen LogP contribution in [-0.2, 0) is 23.2 Å². The summed E-state index contributed by atoms with van der Waals surface area (Å²) in [4.78, 5) is 3.97. The quantitative estimate of drug-likeness (QED) is 0.862. The highest BCUT2D eigenvalue weighted by Crippen LogP contribution is 2.18. The van der Waals surface area contributed by atoms with Crippen molar-refractivity contribution in [2.45, 2.75) is 25.0 Å². The van der Waals surface area contributed by atoms with Crippen molar-refractivity contribution in [3.8, 4) is 0 Å². The van der Waals surface area contributed by atoms with Crippen LogP contribution in [0.4, 0.5) is 5.69 Å². The number of aliphatic hydroxyl groups is 1. The molecule has 0 radical (unpaired) electrons. The lowest BCUT2D eigenvalue weighted by molar-refractivity contribution is 0.271. The third-order valence-electron chi connectivity index (χ3n) is 2.69. The predicted molar refractivity (Wildman–Crippen MR) is 71.1 cm³/mol. The molecule has 0 saturated carbocycles. The first-order chi connectivity index (χ1) is 9.06. The minimum Gasteiger partial charge on any atom is -0.390 e. The Balaban J connectivity index is 2.32. The minimum absolute atomic E-state index is 0.127. The molecule has 2 rings (SSSR count). The van der Waals surface area contributed by atoms with E-state index in [2.05, 4.69) is 9.71 Å². The van der Waals surface area contributed by atoms with Gasteiger partial charge in [0.2, 0.25) is 0 Å².